The molecule has 4 rings (SSSR count). The lowest BCUT2D eigenvalue weighted by atomic mass is 9.99. The Kier molecular flexibility index (Phi) is 7.12. The Morgan fingerprint density at radius 1 is 1.03 bits per heavy atom. The zero-order chi connectivity index (χ0) is 24.9. The van der Waals surface area contributed by atoms with Crippen molar-refractivity contribution in [3.05, 3.63) is 89.2 Å². The van der Waals surface area contributed by atoms with Gasteiger partial charge in [0.05, 0.1) is 24.1 Å². The van der Waals surface area contributed by atoms with Gasteiger partial charge in [-0.2, -0.15) is 0 Å². The SMILES string of the molecule is COC(=O)COc1ccc(C(Nc2ccc(CN(C)C)cc2)=C2C(=O)Nc3cc(F)ccc32)cc1. The van der Waals surface area contributed by atoms with Crippen LogP contribution in [0.1, 0.15) is 16.7 Å². The summed E-state index contributed by atoms with van der Waals surface area (Å²) in [7, 11) is 5.31. The van der Waals surface area contributed by atoms with Gasteiger partial charge in [0.15, 0.2) is 6.61 Å². The van der Waals surface area contributed by atoms with Crippen LogP contribution in [0.2, 0.25) is 0 Å². The molecule has 2 N–H and O–H groups in total. The van der Waals surface area contributed by atoms with E-state index in [0.717, 1.165) is 23.4 Å². The van der Waals surface area contributed by atoms with Crippen molar-refractivity contribution < 1.29 is 23.5 Å². The lowest BCUT2D eigenvalue weighted by Gasteiger charge is -2.16. The van der Waals surface area contributed by atoms with E-state index >= 15 is 0 Å². The van der Waals surface area contributed by atoms with Crippen molar-refractivity contribution in [3.63, 3.8) is 0 Å². The number of ether oxygens (including phenoxy) is 2. The summed E-state index contributed by atoms with van der Waals surface area (Å²) in [6.07, 6.45) is 0. The summed E-state index contributed by atoms with van der Waals surface area (Å²) in [5.74, 6) is -0.760. The molecule has 35 heavy (non-hydrogen) atoms. The van der Waals surface area contributed by atoms with Gasteiger partial charge in [-0.05, 0) is 79.8 Å². The minimum Gasteiger partial charge on any atom is -0.482 e. The second kappa shape index (κ2) is 10.4. The molecule has 0 saturated heterocycles. The molecule has 1 aliphatic heterocycles. The van der Waals surface area contributed by atoms with E-state index in [-0.39, 0.29) is 12.5 Å². The molecule has 1 aliphatic rings. The number of anilines is 2. The predicted octanol–water partition coefficient (Wildman–Crippen LogP) is 4.37. The molecule has 7 nitrogen and oxygen atoms in total. The third kappa shape index (κ3) is 5.67. The molecule has 0 fully saturated rings. The fraction of sp³-hybridized carbons (Fsp3) is 0.185. The fourth-order valence-electron chi connectivity index (χ4n) is 3.79. The van der Waals surface area contributed by atoms with E-state index in [2.05, 4.69) is 20.3 Å². The molecule has 0 atom stereocenters. The van der Waals surface area contributed by atoms with Crippen LogP contribution in [0.4, 0.5) is 15.8 Å². The van der Waals surface area contributed by atoms with Crippen molar-refractivity contribution in [3.8, 4) is 5.75 Å². The molecule has 0 saturated carbocycles. The topological polar surface area (TPSA) is 79.9 Å². The number of hydrogen-bond donors (Lipinski definition) is 2. The number of halogens is 1. The maximum Gasteiger partial charge on any atom is 0.343 e. The van der Waals surface area contributed by atoms with Crippen LogP contribution in [0.3, 0.4) is 0 Å². The number of methoxy groups -OCH3 is 1. The molecule has 0 aliphatic carbocycles. The van der Waals surface area contributed by atoms with Crippen molar-refractivity contribution in [1.29, 1.82) is 0 Å². The van der Waals surface area contributed by atoms with Crippen LogP contribution < -0.4 is 15.4 Å². The van der Waals surface area contributed by atoms with E-state index in [1.807, 2.05) is 38.4 Å². The molecule has 0 spiro atoms. The maximum absolute atomic E-state index is 13.8. The first kappa shape index (κ1) is 24.0. The molecular formula is C27H26FN3O4. The first-order valence-corrected chi connectivity index (χ1v) is 11.0. The first-order chi connectivity index (χ1) is 16.8. The van der Waals surface area contributed by atoms with E-state index in [9.17, 15) is 14.0 Å². The van der Waals surface area contributed by atoms with E-state index < -0.39 is 11.8 Å². The molecule has 1 heterocycles. The molecule has 0 aromatic heterocycles. The molecule has 0 unspecified atom stereocenters. The summed E-state index contributed by atoms with van der Waals surface area (Å²) in [6.45, 7) is 0.602. The zero-order valence-corrected chi connectivity index (χ0v) is 19.7. The van der Waals surface area contributed by atoms with Gasteiger partial charge in [0.1, 0.15) is 11.6 Å². The first-order valence-electron chi connectivity index (χ1n) is 11.0. The molecule has 180 valence electrons. The molecular weight excluding hydrogens is 449 g/mol. The number of carbonyl (C=O) groups is 2. The van der Waals surface area contributed by atoms with Crippen molar-refractivity contribution >= 4 is 34.5 Å². The number of esters is 1. The van der Waals surface area contributed by atoms with Gasteiger partial charge in [0, 0.05) is 17.8 Å². The Balaban J connectivity index is 1.72. The number of nitrogens with one attached hydrogen (secondary N) is 2. The van der Waals surface area contributed by atoms with E-state index in [1.165, 1.54) is 19.2 Å². The Morgan fingerprint density at radius 2 is 1.74 bits per heavy atom. The van der Waals surface area contributed by atoms with E-state index in [4.69, 9.17) is 4.74 Å². The minimum absolute atomic E-state index is 0.206. The monoisotopic (exact) mass is 475 g/mol. The van der Waals surface area contributed by atoms with Crippen LogP contribution in [-0.4, -0.2) is 44.6 Å². The van der Waals surface area contributed by atoms with Gasteiger partial charge < -0.3 is 25.0 Å². The average Bonchev–Trinajstić information content (AvgIpc) is 3.16. The fourth-order valence-corrected chi connectivity index (χ4v) is 3.79. The smallest absolute Gasteiger partial charge is 0.343 e. The van der Waals surface area contributed by atoms with Crippen LogP contribution in [-0.2, 0) is 20.9 Å². The number of rotatable bonds is 8. The van der Waals surface area contributed by atoms with E-state index in [0.29, 0.717) is 28.3 Å². The molecule has 3 aromatic carbocycles. The predicted molar refractivity (Wildman–Crippen MR) is 133 cm³/mol. The average molecular weight is 476 g/mol. The van der Waals surface area contributed by atoms with Crippen LogP contribution in [0.5, 0.6) is 5.75 Å². The highest BCUT2D eigenvalue weighted by molar-refractivity contribution is 6.37. The van der Waals surface area contributed by atoms with Crippen molar-refractivity contribution in [2.75, 3.05) is 38.4 Å². The maximum atomic E-state index is 13.8. The summed E-state index contributed by atoms with van der Waals surface area (Å²) in [6, 6.07) is 19.2. The minimum atomic E-state index is -0.484. The molecule has 8 heteroatoms. The highest BCUT2D eigenvalue weighted by Gasteiger charge is 2.29. The lowest BCUT2D eigenvalue weighted by Crippen LogP contribution is -2.13. The second-order valence-electron chi connectivity index (χ2n) is 8.34. The number of benzene rings is 3. The molecule has 3 aromatic rings. The van der Waals surface area contributed by atoms with Gasteiger partial charge >= 0.3 is 5.97 Å². The quantitative estimate of drug-likeness (QED) is 0.372. The Hall–Kier alpha value is -4.17. The number of hydrogen-bond acceptors (Lipinski definition) is 6. The standard InChI is InChI=1S/C27H26FN3O4/c1-31(2)15-17-4-9-20(10-5-17)29-26(18-6-11-21(12-7-18)35-16-24(32)34-3)25-22-13-8-19(28)14-23(22)30-27(25)33/h4-14,29H,15-16H2,1-3H3,(H,30,33). The van der Waals surface area contributed by atoms with Gasteiger partial charge in [-0.25, -0.2) is 9.18 Å². The Morgan fingerprint density at radius 3 is 2.40 bits per heavy atom. The van der Waals surface area contributed by atoms with Crippen LogP contribution >= 0.6 is 0 Å². The van der Waals surface area contributed by atoms with Crippen molar-refractivity contribution in [2.45, 2.75) is 6.54 Å². The Bertz CT molecular complexity index is 1270. The summed E-state index contributed by atoms with van der Waals surface area (Å²) in [5, 5.41) is 6.13. The number of nitrogens with zero attached hydrogens (tertiary/aromatic N) is 1. The summed E-state index contributed by atoms with van der Waals surface area (Å²) < 4.78 is 23.8. The van der Waals surface area contributed by atoms with Crippen molar-refractivity contribution in [2.24, 2.45) is 0 Å². The highest BCUT2D eigenvalue weighted by Crippen LogP contribution is 2.38. The third-order valence-electron chi connectivity index (χ3n) is 5.43. The third-order valence-corrected chi connectivity index (χ3v) is 5.43. The van der Waals surface area contributed by atoms with Crippen LogP contribution in [0.25, 0.3) is 11.3 Å². The van der Waals surface area contributed by atoms with Gasteiger partial charge in [0.25, 0.3) is 5.91 Å². The number of fused-ring (bicyclic) bond motifs is 1. The van der Waals surface area contributed by atoms with E-state index in [1.54, 1.807) is 30.3 Å². The van der Waals surface area contributed by atoms with Gasteiger partial charge in [-0.3, -0.25) is 4.79 Å². The van der Waals surface area contributed by atoms with Crippen LogP contribution in [0.15, 0.2) is 66.7 Å². The number of amides is 1. The largest absolute Gasteiger partial charge is 0.482 e. The number of carbonyl (C=O) groups excluding carboxylic acids is 2. The van der Waals surface area contributed by atoms with Gasteiger partial charge in [-0.1, -0.05) is 12.1 Å². The molecule has 0 radical (unpaired) electrons. The summed E-state index contributed by atoms with van der Waals surface area (Å²) in [4.78, 5) is 26.4. The summed E-state index contributed by atoms with van der Waals surface area (Å²) >= 11 is 0. The molecule has 0 bridgehead atoms. The normalized spacial score (nSPS) is 13.8. The van der Waals surface area contributed by atoms with Crippen molar-refractivity contribution in [1.82, 2.24) is 4.90 Å². The lowest BCUT2D eigenvalue weighted by molar-refractivity contribution is -0.142. The van der Waals surface area contributed by atoms with Gasteiger partial charge in [0.2, 0.25) is 0 Å². The Labute approximate surface area is 203 Å². The molecule has 1 amide bonds. The zero-order valence-electron chi connectivity index (χ0n) is 19.7. The summed E-state index contributed by atoms with van der Waals surface area (Å²) in [5.41, 5.74) is 4.66. The van der Waals surface area contributed by atoms with Crippen LogP contribution in [0, 0.1) is 5.82 Å². The second-order valence-corrected chi connectivity index (χ2v) is 8.34. The van der Waals surface area contributed by atoms with Gasteiger partial charge in [-0.15, -0.1) is 0 Å². The highest BCUT2D eigenvalue weighted by atomic mass is 19.1.